The zero-order valence-electron chi connectivity index (χ0n) is 19.0. The van der Waals surface area contributed by atoms with Crippen molar-refractivity contribution in [1.82, 2.24) is 14.5 Å². The number of methoxy groups -OCH3 is 1. The molecule has 0 aliphatic carbocycles. The summed E-state index contributed by atoms with van der Waals surface area (Å²) in [6.07, 6.45) is 5.60. The molecule has 2 heterocycles. The van der Waals surface area contributed by atoms with Gasteiger partial charge in [-0.2, -0.15) is 0 Å². The lowest BCUT2D eigenvalue weighted by molar-refractivity contribution is -0.139. The van der Waals surface area contributed by atoms with Gasteiger partial charge >= 0.3 is 0 Å². The first-order valence-electron chi connectivity index (χ1n) is 10.8. The second-order valence-electron chi connectivity index (χ2n) is 8.16. The third kappa shape index (κ3) is 4.66. The number of rotatable bonds is 7. The van der Waals surface area contributed by atoms with E-state index in [-0.39, 0.29) is 33.7 Å². The molecule has 1 saturated heterocycles. The number of phenols is 1. The van der Waals surface area contributed by atoms with E-state index in [0.29, 0.717) is 24.1 Å². The zero-order valence-corrected chi connectivity index (χ0v) is 20.6. The van der Waals surface area contributed by atoms with Gasteiger partial charge in [0.25, 0.3) is 11.7 Å². The molecule has 3 aromatic rings. The van der Waals surface area contributed by atoms with Crippen LogP contribution in [0.4, 0.5) is 4.39 Å². The fourth-order valence-electron chi connectivity index (χ4n) is 4.10. The molecule has 1 aliphatic rings. The van der Waals surface area contributed by atoms with E-state index in [0.717, 1.165) is 6.07 Å². The third-order valence-corrected chi connectivity index (χ3v) is 6.55. The van der Waals surface area contributed by atoms with Gasteiger partial charge in [-0.1, -0.05) is 12.1 Å². The average Bonchev–Trinajstić information content (AvgIpc) is 3.44. The van der Waals surface area contributed by atoms with Gasteiger partial charge in [0, 0.05) is 31.0 Å². The molecule has 1 unspecified atom stereocenters. The van der Waals surface area contributed by atoms with E-state index in [1.807, 2.05) is 4.57 Å². The number of carbonyl (C=O) groups is 2. The number of aliphatic hydroxyl groups excluding tert-OH is 1. The first kappa shape index (κ1) is 24.5. The number of imidazole rings is 1. The number of benzene rings is 2. The third-order valence-electron chi connectivity index (χ3n) is 5.95. The van der Waals surface area contributed by atoms with Crippen LogP contribution in [0.1, 0.15) is 29.2 Å². The number of phenolic OH excluding ortho intramolecular Hbond substituents is 1. The number of hydrogen-bond acceptors (Lipinski definition) is 6. The topological polar surface area (TPSA) is 105 Å². The van der Waals surface area contributed by atoms with Crippen molar-refractivity contribution in [2.24, 2.45) is 0 Å². The molecular weight excluding hydrogens is 521 g/mol. The highest BCUT2D eigenvalue weighted by molar-refractivity contribution is 9.10. The number of ether oxygens (including phenoxy) is 1. The molecule has 182 valence electrons. The van der Waals surface area contributed by atoms with Gasteiger partial charge in [0.2, 0.25) is 0 Å². The van der Waals surface area contributed by atoms with Crippen LogP contribution in [0.3, 0.4) is 0 Å². The molecule has 0 radical (unpaired) electrons. The second kappa shape index (κ2) is 9.91. The number of aliphatic hydroxyl groups is 1. The molecule has 8 nitrogen and oxygen atoms in total. The van der Waals surface area contributed by atoms with Gasteiger partial charge in [-0.15, -0.1) is 0 Å². The molecule has 0 saturated carbocycles. The maximum absolute atomic E-state index is 14.2. The van der Waals surface area contributed by atoms with Gasteiger partial charge < -0.3 is 24.4 Å². The van der Waals surface area contributed by atoms with Crippen molar-refractivity contribution in [3.63, 3.8) is 0 Å². The zero-order chi connectivity index (χ0) is 25.3. The Morgan fingerprint density at radius 2 is 2.00 bits per heavy atom. The van der Waals surface area contributed by atoms with Crippen molar-refractivity contribution in [3.8, 4) is 11.5 Å². The van der Waals surface area contributed by atoms with Crippen LogP contribution in [0.15, 0.2) is 59.1 Å². The second-order valence-corrected chi connectivity index (χ2v) is 9.02. The summed E-state index contributed by atoms with van der Waals surface area (Å²) in [4.78, 5) is 31.6. The molecule has 2 N–H and O–H groups in total. The number of halogens is 2. The fraction of sp³-hybridized carbons (Fsp3) is 0.240. The van der Waals surface area contributed by atoms with Gasteiger partial charge in [-0.25, -0.2) is 9.37 Å². The summed E-state index contributed by atoms with van der Waals surface area (Å²) >= 11 is 3.28. The molecule has 1 aliphatic heterocycles. The van der Waals surface area contributed by atoms with Crippen LogP contribution in [0.2, 0.25) is 0 Å². The summed E-state index contributed by atoms with van der Waals surface area (Å²) in [6.45, 7) is 2.34. The van der Waals surface area contributed by atoms with E-state index in [9.17, 15) is 24.2 Å². The molecule has 1 fully saturated rings. The monoisotopic (exact) mass is 543 g/mol. The highest BCUT2D eigenvalue weighted by Gasteiger charge is 2.46. The number of amides is 1. The van der Waals surface area contributed by atoms with Crippen LogP contribution in [0, 0.1) is 12.7 Å². The van der Waals surface area contributed by atoms with Crippen LogP contribution in [-0.2, 0) is 16.1 Å². The quantitative estimate of drug-likeness (QED) is 0.261. The van der Waals surface area contributed by atoms with E-state index in [1.165, 1.54) is 30.2 Å². The number of aryl methyl sites for hydroxylation is 2. The van der Waals surface area contributed by atoms with Gasteiger partial charge in [-0.05, 0) is 58.6 Å². The smallest absolute Gasteiger partial charge is 0.295 e. The molecule has 35 heavy (non-hydrogen) atoms. The van der Waals surface area contributed by atoms with E-state index >= 15 is 0 Å². The van der Waals surface area contributed by atoms with Crippen LogP contribution < -0.4 is 4.74 Å². The number of aromatic hydroxyl groups is 1. The summed E-state index contributed by atoms with van der Waals surface area (Å²) in [5.41, 5.74) is 0.729. The summed E-state index contributed by atoms with van der Waals surface area (Å²) in [7, 11) is 1.38. The highest BCUT2D eigenvalue weighted by Crippen LogP contribution is 2.44. The number of carbonyl (C=O) groups excluding carboxylic acids is 2. The molecule has 4 rings (SSSR count). The largest absolute Gasteiger partial charge is 0.507 e. The van der Waals surface area contributed by atoms with Crippen molar-refractivity contribution >= 4 is 33.4 Å². The fourth-order valence-corrected chi connectivity index (χ4v) is 4.56. The van der Waals surface area contributed by atoms with E-state index in [4.69, 9.17) is 4.74 Å². The Balaban J connectivity index is 1.82. The highest BCUT2D eigenvalue weighted by atomic mass is 79.9. The number of ketones is 1. The lowest BCUT2D eigenvalue weighted by Gasteiger charge is -2.26. The summed E-state index contributed by atoms with van der Waals surface area (Å²) in [5.74, 6) is -2.70. The van der Waals surface area contributed by atoms with Crippen LogP contribution >= 0.6 is 15.9 Å². The predicted molar refractivity (Wildman–Crippen MR) is 129 cm³/mol. The summed E-state index contributed by atoms with van der Waals surface area (Å²) < 4.78 is 21.6. The van der Waals surface area contributed by atoms with Gasteiger partial charge in [0.05, 0.1) is 29.5 Å². The lowest BCUT2D eigenvalue weighted by Crippen LogP contribution is -2.31. The van der Waals surface area contributed by atoms with Crippen LogP contribution in [0.25, 0.3) is 5.76 Å². The maximum atomic E-state index is 14.2. The van der Waals surface area contributed by atoms with E-state index in [1.54, 1.807) is 31.7 Å². The number of likely N-dealkylation sites (tertiary alicyclic amines) is 1. The van der Waals surface area contributed by atoms with Crippen molar-refractivity contribution in [2.75, 3.05) is 13.7 Å². The molecule has 1 aromatic heterocycles. The van der Waals surface area contributed by atoms with Crippen LogP contribution in [-0.4, -0.2) is 50.0 Å². The maximum Gasteiger partial charge on any atom is 0.295 e. The summed E-state index contributed by atoms with van der Waals surface area (Å²) in [5, 5.41) is 21.4. The summed E-state index contributed by atoms with van der Waals surface area (Å²) in [6, 6.07) is 6.18. The minimum atomic E-state index is -0.979. The minimum Gasteiger partial charge on any atom is -0.507 e. The van der Waals surface area contributed by atoms with E-state index < -0.39 is 29.3 Å². The first-order chi connectivity index (χ1) is 16.7. The standard InChI is InChI=1S/C25H23BrFN3O5/c1-14-4-5-15(11-18(14)27)22(31)20-21(16-10-17(26)23(32)19(12-16)35-2)30(25(34)24(20)33)8-3-7-29-9-6-28-13-29/h4-6,9-13,21,31-32H,3,7-8H2,1-2H3/b22-20-. The molecule has 0 spiro atoms. The SMILES string of the molecule is COc1cc(C2/C(=C(/O)c3ccc(C)c(F)c3)C(=O)C(=O)N2CCCn2ccnc2)cc(Br)c1O. The van der Waals surface area contributed by atoms with Crippen molar-refractivity contribution < 1.29 is 28.9 Å². The number of hydrogen-bond donors (Lipinski definition) is 2. The van der Waals surface area contributed by atoms with Crippen LogP contribution in [0.5, 0.6) is 11.5 Å². The Bertz CT molecular complexity index is 1320. The van der Waals surface area contributed by atoms with Gasteiger partial charge in [0.1, 0.15) is 11.6 Å². The predicted octanol–water partition coefficient (Wildman–Crippen LogP) is 4.32. The molecule has 0 bridgehead atoms. The molecule has 1 amide bonds. The number of aromatic nitrogens is 2. The Morgan fingerprint density at radius 3 is 2.66 bits per heavy atom. The Hall–Kier alpha value is -3.66. The molecular formula is C25H23BrFN3O5. The van der Waals surface area contributed by atoms with Crippen molar-refractivity contribution in [2.45, 2.75) is 25.9 Å². The molecule has 10 heteroatoms. The Labute approximate surface area is 209 Å². The van der Waals surface area contributed by atoms with Gasteiger partial charge in [-0.3, -0.25) is 9.59 Å². The Morgan fingerprint density at radius 1 is 1.23 bits per heavy atom. The average molecular weight is 544 g/mol. The number of nitrogens with zero attached hydrogens (tertiary/aromatic N) is 3. The minimum absolute atomic E-state index is 0.0827. The van der Waals surface area contributed by atoms with Crippen molar-refractivity contribution in [3.05, 3.63) is 81.6 Å². The molecule has 2 aromatic carbocycles. The molecule has 1 atom stereocenters. The van der Waals surface area contributed by atoms with Crippen molar-refractivity contribution in [1.29, 1.82) is 0 Å². The lowest BCUT2D eigenvalue weighted by atomic mass is 9.94. The number of Topliss-reactive ketones (excluding diaryl/α,β-unsaturated/α-hetero) is 1. The first-order valence-corrected chi connectivity index (χ1v) is 11.6. The normalized spacial score (nSPS) is 17.3. The van der Waals surface area contributed by atoms with E-state index in [2.05, 4.69) is 20.9 Å². The Kier molecular flexibility index (Phi) is 6.93. The van der Waals surface area contributed by atoms with Gasteiger partial charge in [0.15, 0.2) is 11.5 Å².